The minimum absolute atomic E-state index is 0.0767. The SMILES string of the molecule is FC(F)(F)C(F)(F)C(F)(F)C(F)(F)CCCCCNCCCCCC(F)(F)C(F)(F)C(F)(F)C(F)(F)F. The van der Waals surface area contributed by atoms with Crippen LogP contribution in [0.15, 0.2) is 0 Å². The molecule has 0 aromatic rings. The minimum atomic E-state index is -6.98. The summed E-state index contributed by atoms with van der Waals surface area (Å²) in [6, 6.07) is 0. The third-order valence-electron chi connectivity index (χ3n) is 5.11. The molecule has 0 rings (SSSR count). The largest absolute Gasteiger partial charge is 0.460 e. The molecule has 1 nitrogen and oxygen atoms in total. The molecule has 0 spiro atoms. The van der Waals surface area contributed by atoms with Crippen molar-refractivity contribution >= 4 is 0 Å². The van der Waals surface area contributed by atoms with Crippen molar-refractivity contribution in [3.8, 4) is 0 Å². The molecule has 0 atom stereocenters. The zero-order valence-electron chi connectivity index (χ0n) is 18.4. The van der Waals surface area contributed by atoms with Crippen LogP contribution >= 0.6 is 0 Å². The molecule has 0 aromatic carbocycles. The van der Waals surface area contributed by atoms with E-state index in [4.69, 9.17) is 0 Å². The van der Waals surface area contributed by atoms with Gasteiger partial charge in [-0.15, -0.1) is 0 Å². The fourth-order valence-corrected chi connectivity index (χ4v) is 2.80. The van der Waals surface area contributed by atoms with E-state index in [1.54, 1.807) is 0 Å². The Balaban J connectivity index is 4.32. The van der Waals surface area contributed by atoms with Crippen LogP contribution in [0.3, 0.4) is 0 Å². The average Bonchev–Trinajstić information content (AvgIpc) is 2.69. The van der Waals surface area contributed by atoms with Gasteiger partial charge in [-0.3, -0.25) is 0 Å². The van der Waals surface area contributed by atoms with Crippen LogP contribution in [-0.4, -0.2) is 61.0 Å². The quantitative estimate of drug-likeness (QED) is 0.140. The Bertz CT molecular complexity index is 636. The van der Waals surface area contributed by atoms with E-state index in [2.05, 4.69) is 5.32 Å². The number of halogens is 18. The van der Waals surface area contributed by atoms with Crippen molar-refractivity contribution in [2.24, 2.45) is 0 Å². The molecule has 1 N–H and O–H groups in total. The lowest BCUT2D eigenvalue weighted by Gasteiger charge is -2.33. The van der Waals surface area contributed by atoms with Gasteiger partial charge in [0.2, 0.25) is 0 Å². The zero-order chi connectivity index (χ0) is 29.8. The van der Waals surface area contributed by atoms with E-state index in [0.29, 0.717) is 0 Å². The first-order valence-corrected chi connectivity index (χ1v) is 10.3. The molecule has 0 fully saturated rings. The molecular formula is C18H21F18N. The zero-order valence-corrected chi connectivity index (χ0v) is 18.4. The van der Waals surface area contributed by atoms with Crippen LogP contribution in [-0.2, 0) is 0 Å². The standard InChI is InChI=1S/C18H21F18N/c19-11(20,13(23,24)15(27,28)17(31,32)33)7-3-1-5-9-37-10-6-2-4-8-12(21,22)14(25,26)16(29,30)18(34,35)36/h37H,1-10H2. The molecule has 0 heterocycles. The van der Waals surface area contributed by atoms with Gasteiger partial charge in [-0.25, -0.2) is 0 Å². The van der Waals surface area contributed by atoms with E-state index in [9.17, 15) is 79.0 Å². The van der Waals surface area contributed by atoms with Crippen molar-refractivity contribution in [1.29, 1.82) is 0 Å². The highest BCUT2D eigenvalue weighted by Crippen LogP contribution is 2.55. The maximum absolute atomic E-state index is 13.3. The molecule has 224 valence electrons. The molecule has 19 heteroatoms. The molecule has 0 aliphatic carbocycles. The summed E-state index contributed by atoms with van der Waals surface area (Å²) in [4.78, 5) is 0. The summed E-state index contributed by atoms with van der Waals surface area (Å²) in [5, 5.41) is 2.52. The van der Waals surface area contributed by atoms with Gasteiger partial charge in [-0.2, -0.15) is 79.0 Å². The van der Waals surface area contributed by atoms with Gasteiger partial charge in [0.1, 0.15) is 0 Å². The van der Waals surface area contributed by atoms with Crippen LogP contribution in [0.5, 0.6) is 0 Å². The molecule has 0 unspecified atom stereocenters. The Hall–Kier alpha value is -1.30. The van der Waals surface area contributed by atoms with Gasteiger partial charge >= 0.3 is 47.9 Å². The number of nitrogens with one attached hydrogen (secondary N) is 1. The Morgan fingerprint density at radius 1 is 0.324 bits per heavy atom. The molecule has 0 bridgehead atoms. The first-order valence-electron chi connectivity index (χ1n) is 10.3. The Morgan fingerprint density at radius 2 is 0.595 bits per heavy atom. The van der Waals surface area contributed by atoms with Crippen molar-refractivity contribution in [2.45, 2.75) is 99.3 Å². The Morgan fingerprint density at radius 3 is 0.838 bits per heavy atom. The second kappa shape index (κ2) is 11.8. The molecular weight excluding hydrogens is 572 g/mol. The normalized spacial score (nSPS) is 15.4. The molecule has 0 amide bonds. The predicted octanol–water partition coefficient (Wildman–Crippen LogP) is 8.63. The topological polar surface area (TPSA) is 12.0 Å². The van der Waals surface area contributed by atoms with Gasteiger partial charge < -0.3 is 5.32 Å². The number of alkyl halides is 18. The summed E-state index contributed by atoms with van der Waals surface area (Å²) in [5.74, 6) is -38.8. The molecule has 0 saturated heterocycles. The van der Waals surface area contributed by atoms with Crippen molar-refractivity contribution in [3.05, 3.63) is 0 Å². The fourth-order valence-electron chi connectivity index (χ4n) is 2.80. The lowest BCUT2D eigenvalue weighted by Crippen LogP contribution is -2.60. The van der Waals surface area contributed by atoms with Gasteiger partial charge in [-0.1, -0.05) is 12.8 Å². The maximum Gasteiger partial charge on any atom is 0.460 e. The van der Waals surface area contributed by atoms with Crippen LogP contribution in [0.1, 0.15) is 51.4 Å². The number of hydrogen-bond donors (Lipinski definition) is 1. The van der Waals surface area contributed by atoms with E-state index in [1.165, 1.54) is 0 Å². The molecule has 0 radical (unpaired) electrons. The third kappa shape index (κ3) is 7.86. The van der Waals surface area contributed by atoms with Crippen molar-refractivity contribution in [2.75, 3.05) is 13.1 Å². The van der Waals surface area contributed by atoms with Crippen molar-refractivity contribution < 1.29 is 79.0 Å². The Kier molecular flexibility index (Phi) is 11.4. The van der Waals surface area contributed by atoms with Crippen LogP contribution in [0.2, 0.25) is 0 Å². The number of hydrogen-bond acceptors (Lipinski definition) is 1. The summed E-state index contributed by atoms with van der Waals surface area (Å²) < 4.78 is 228. The second-order valence-corrected chi connectivity index (χ2v) is 8.07. The van der Waals surface area contributed by atoms with Crippen LogP contribution in [0.4, 0.5) is 79.0 Å². The minimum Gasteiger partial charge on any atom is -0.317 e. The van der Waals surface area contributed by atoms with E-state index < -0.39 is 73.6 Å². The van der Waals surface area contributed by atoms with E-state index in [0.717, 1.165) is 0 Å². The summed E-state index contributed by atoms with van der Waals surface area (Å²) in [5.41, 5.74) is 0. The lowest BCUT2D eigenvalue weighted by atomic mass is 9.98. The van der Waals surface area contributed by atoms with Crippen LogP contribution in [0.25, 0.3) is 0 Å². The van der Waals surface area contributed by atoms with Crippen LogP contribution in [0, 0.1) is 0 Å². The highest BCUT2D eigenvalue weighted by Gasteiger charge is 2.82. The van der Waals surface area contributed by atoms with E-state index in [1.807, 2.05) is 0 Å². The fraction of sp³-hybridized carbons (Fsp3) is 1.00. The smallest absolute Gasteiger partial charge is 0.317 e. The highest BCUT2D eigenvalue weighted by molar-refractivity contribution is 5.01. The van der Waals surface area contributed by atoms with Crippen molar-refractivity contribution in [1.82, 2.24) is 5.32 Å². The second-order valence-electron chi connectivity index (χ2n) is 8.07. The maximum atomic E-state index is 13.3. The van der Waals surface area contributed by atoms with Gasteiger partial charge in [0.05, 0.1) is 0 Å². The van der Waals surface area contributed by atoms with Gasteiger partial charge in [0.25, 0.3) is 0 Å². The van der Waals surface area contributed by atoms with Gasteiger partial charge in [0.15, 0.2) is 0 Å². The lowest BCUT2D eigenvalue weighted by molar-refractivity contribution is -0.396. The summed E-state index contributed by atoms with van der Waals surface area (Å²) in [6.07, 6.45) is -20.5. The predicted molar refractivity (Wildman–Crippen MR) is 91.6 cm³/mol. The van der Waals surface area contributed by atoms with Crippen LogP contribution < -0.4 is 5.32 Å². The summed E-state index contributed by atoms with van der Waals surface area (Å²) in [6.45, 7) is -0.153. The van der Waals surface area contributed by atoms with Gasteiger partial charge in [0, 0.05) is 12.8 Å². The summed E-state index contributed by atoms with van der Waals surface area (Å²) in [7, 11) is 0. The first kappa shape index (κ1) is 35.7. The summed E-state index contributed by atoms with van der Waals surface area (Å²) >= 11 is 0. The molecule has 37 heavy (non-hydrogen) atoms. The number of unbranched alkanes of at least 4 members (excludes halogenated alkanes) is 4. The molecule has 0 aromatic heterocycles. The van der Waals surface area contributed by atoms with E-state index in [-0.39, 0.29) is 38.8 Å². The average molecular weight is 593 g/mol. The van der Waals surface area contributed by atoms with Crippen molar-refractivity contribution in [3.63, 3.8) is 0 Å². The van der Waals surface area contributed by atoms with E-state index >= 15 is 0 Å². The molecule has 0 aliphatic heterocycles. The monoisotopic (exact) mass is 593 g/mol. The first-order chi connectivity index (χ1) is 16.2. The molecule has 0 aliphatic rings. The number of rotatable bonds is 16. The molecule has 0 saturated carbocycles. The highest BCUT2D eigenvalue weighted by atomic mass is 19.4. The third-order valence-corrected chi connectivity index (χ3v) is 5.11. The Labute approximate surface area is 197 Å². The van der Waals surface area contributed by atoms with Gasteiger partial charge in [-0.05, 0) is 38.8 Å².